The molecule has 0 aliphatic rings. The van der Waals surface area contributed by atoms with Crippen molar-refractivity contribution in [2.75, 3.05) is 5.32 Å². The number of nitrogens with zero attached hydrogens (tertiary/aromatic N) is 3. The van der Waals surface area contributed by atoms with Crippen LogP contribution >= 0.6 is 0 Å². The third-order valence-corrected chi connectivity index (χ3v) is 4.84. The SMILES string of the molecule is Cc1nn(C)c2ncc(NC(=O)C(NC(=O)c3ccccc3)c3ccccc3)cc12. The lowest BCUT2D eigenvalue weighted by molar-refractivity contribution is -0.118. The van der Waals surface area contributed by atoms with E-state index >= 15 is 0 Å². The first kappa shape index (κ1) is 19.3. The van der Waals surface area contributed by atoms with Crippen LogP contribution in [0.25, 0.3) is 11.0 Å². The Morgan fingerprint density at radius 3 is 2.37 bits per heavy atom. The van der Waals surface area contributed by atoms with Crippen LogP contribution in [-0.2, 0) is 11.8 Å². The molecule has 0 saturated carbocycles. The van der Waals surface area contributed by atoms with Gasteiger partial charge in [0.05, 0.1) is 17.6 Å². The summed E-state index contributed by atoms with van der Waals surface area (Å²) in [6.45, 7) is 1.89. The minimum atomic E-state index is -0.857. The lowest BCUT2D eigenvalue weighted by atomic mass is 10.1. The zero-order valence-corrected chi connectivity index (χ0v) is 16.7. The first-order chi connectivity index (χ1) is 14.5. The second-order valence-corrected chi connectivity index (χ2v) is 6.98. The molecule has 4 rings (SSSR count). The summed E-state index contributed by atoms with van der Waals surface area (Å²) < 4.78 is 1.70. The number of anilines is 1. The molecule has 0 fully saturated rings. The third kappa shape index (κ3) is 3.91. The van der Waals surface area contributed by atoms with E-state index in [0.717, 1.165) is 16.7 Å². The molecule has 1 atom stereocenters. The summed E-state index contributed by atoms with van der Waals surface area (Å²) in [7, 11) is 1.82. The number of carbonyl (C=O) groups is 2. The summed E-state index contributed by atoms with van der Waals surface area (Å²) in [6.07, 6.45) is 1.59. The zero-order valence-electron chi connectivity index (χ0n) is 16.7. The van der Waals surface area contributed by atoms with Gasteiger partial charge in [0, 0.05) is 18.0 Å². The Labute approximate surface area is 173 Å². The van der Waals surface area contributed by atoms with Crippen molar-refractivity contribution in [2.45, 2.75) is 13.0 Å². The normalized spacial score (nSPS) is 11.8. The van der Waals surface area contributed by atoms with Crippen molar-refractivity contribution in [3.8, 4) is 0 Å². The number of benzene rings is 2. The van der Waals surface area contributed by atoms with Crippen molar-refractivity contribution < 1.29 is 9.59 Å². The summed E-state index contributed by atoms with van der Waals surface area (Å²) in [5.74, 6) is -0.676. The average Bonchev–Trinajstić information content (AvgIpc) is 3.06. The molecular formula is C23H21N5O2. The highest BCUT2D eigenvalue weighted by atomic mass is 16.2. The van der Waals surface area contributed by atoms with Gasteiger partial charge < -0.3 is 10.6 Å². The van der Waals surface area contributed by atoms with Crippen LogP contribution in [0.2, 0.25) is 0 Å². The predicted octanol–water partition coefficient (Wildman–Crippen LogP) is 3.39. The summed E-state index contributed by atoms with van der Waals surface area (Å²) in [6, 6.07) is 18.9. The monoisotopic (exact) mass is 399 g/mol. The van der Waals surface area contributed by atoms with Crippen LogP contribution in [0.4, 0.5) is 5.69 Å². The maximum Gasteiger partial charge on any atom is 0.252 e. The van der Waals surface area contributed by atoms with Gasteiger partial charge in [-0.1, -0.05) is 48.5 Å². The molecule has 0 spiro atoms. The number of fused-ring (bicyclic) bond motifs is 1. The Hall–Kier alpha value is -4.00. The van der Waals surface area contributed by atoms with Crippen molar-refractivity contribution in [1.29, 1.82) is 0 Å². The topological polar surface area (TPSA) is 88.9 Å². The molecule has 2 heterocycles. The highest BCUT2D eigenvalue weighted by Gasteiger charge is 2.23. The molecular weight excluding hydrogens is 378 g/mol. The fraction of sp³-hybridized carbons (Fsp3) is 0.130. The van der Waals surface area contributed by atoms with Gasteiger partial charge in [-0.3, -0.25) is 14.3 Å². The van der Waals surface area contributed by atoms with E-state index in [4.69, 9.17) is 0 Å². The molecule has 4 aromatic rings. The van der Waals surface area contributed by atoms with Crippen molar-refractivity contribution in [2.24, 2.45) is 7.05 Å². The molecule has 150 valence electrons. The highest BCUT2D eigenvalue weighted by Crippen LogP contribution is 2.21. The number of aryl methyl sites for hydroxylation is 2. The Morgan fingerprint density at radius 1 is 1.00 bits per heavy atom. The smallest absolute Gasteiger partial charge is 0.252 e. The number of aromatic nitrogens is 3. The lowest BCUT2D eigenvalue weighted by Gasteiger charge is -2.19. The minimum absolute atomic E-state index is 0.323. The zero-order chi connectivity index (χ0) is 21.1. The molecule has 2 N–H and O–H groups in total. The quantitative estimate of drug-likeness (QED) is 0.538. The fourth-order valence-electron chi connectivity index (χ4n) is 3.34. The van der Waals surface area contributed by atoms with Gasteiger partial charge in [-0.05, 0) is 30.7 Å². The molecule has 0 radical (unpaired) electrons. The van der Waals surface area contributed by atoms with Crippen LogP contribution in [0, 0.1) is 6.92 Å². The van der Waals surface area contributed by atoms with Crippen molar-refractivity contribution >= 4 is 28.5 Å². The highest BCUT2D eigenvalue weighted by molar-refractivity contribution is 6.02. The van der Waals surface area contributed by atoms with Gasteiger partial charge in [0.1, 0.15) is 6.04 Å². The second kappa shape index (κ2) is 8.16. The van der Waals surface area contributed by atoms with Crippen molar-refractivity contribution in [3.05, 3.63) is 89.7 Å². The maximum atomic E-state index is 13.1. The van der Waals surface area contributed by atoms with Crippen LogP contribution in [-0.4, -0.2) is 26.6 Å². The van der Waals surface area contributed by atoms with Crippen molar-refractivity contribution in [1.82, 2.24) is 20.1 Å². The van der Waals surface area contributed by atoms with Crippen LogP contribution in [0.5, 0.6) is 0 Å². The number of hydrogen-bond donors (Lipinski definition) is 2. The molecule has 0 saturated heterocycles. The van der Waals surface area contributed by atoms with Gasteiger partial charge in [-0.2, -0.15) is 5.10 Å². The molecule has 0 aliphatic heterocycles. The van der Waals surface area contributed by atoms with Gasteiger partial charge in [0.15, 0.2) is 5.65 Å². The molecule has 2 aromatic heterocycles. The summed E-state index contributed by atoms with van der Waals surface area (Å²) in [4.78, 5) is 30.2. The Kier molecular flexibility index (Phi) is 5.26. The standard InChI is InChI=1S/C23H21N5O2/c1-15-19-13-18(14-24-21(19)28(2)27-15)25-23(30)20(16-9-5-3-6-10-16)26-22(29)17-11-7-4-8-12-17/h3-14,20H,1-2H3,(H,25,30)(H,26,29). The molecule has 2 aromatic carbocycles. The van der Waals surface area contributed by atoms with Crippen molar-refractivity contribution in [3.63, 3.8) is 0 Å². The first-order valence-corrected chi connectivity index (χ1v) is 9.54. The van der Waals surface area contributed by atoms with E-state index < -0.39 is 6.04 Å². The van der Waals surface area contributed by atoms with Crippen LogP contribution in [0.3, 0.4) is 0 Å². The van der Waals surface area contributed by atoms with Gasteiger partial charge in [-0.15, -0.1) is 0 Å². The van der Waals surface area contributed by atoms with E-state index in [0.29, 0.717) is 16.8 Å². The van der Waals surface area contributed by atoms with Gasteiger partial charge in [0.2, 0.25) is 0 Å². The van der Waals surface area contributed by atoms with Crippen LogP contribution < -0.4 is 10.6 Å². The number of pyridine rings is 1. The number of carbonyl (C=O) groups excluding carboxylic acids is 2. The summed E-state index contributed by atoms with van der Waals surface area (Å²) in [5, 5.41) is 10.9. The Bertz CT molecular complexity index is 1200. The van der Waals surface area contributed by atoms with E-state index in [1.807, 2.05) is 56.4 Å². The first-order valence-electron chi connectivity index (χ1n) is 9.54. The molecule has 0 aliphatic carbocycles. The molecule has 2 amide bonds. The average molecular weight is 399 g/mol. The number of amides is 2. The Balaban J connectivity index is 1.61. The Morgan fingerprint density at radius 2 is 1.67 bits per heavy atom. The number of rotatable bonds is 5. The third-order valence-electron chi connectivity index (χ3n) is 4.84. The number of nitrogens with one attached hydrogen (secondary N) is 2. The fourth-order valence-corrected chi connectivity index (χ4v) is 3.34. The molecule has 7 nitrogen and oxygen atoms in total. The molecule has 0 bridgehead atoms. The van der Waals surface area contributed by atoms with E-state index in [9.17, 15) is 9.59 Å². The van der Waals surface area contributed by atoms with Gasteiger partial charge in [-0.25, -0.2) is 4.98 Å². The maximum absolute atomic E-state index is 13.1. The van der Waals surface area contributed by atoms with E-state index in [1.165, 1.54) is 0 Å². The minimum Gasteiger partial charge on any atom is -0.336 e. The van der Waals surface area contributed by atoms with Gasteiger partial charge >= 0.3 is 0 Å². The van der Waals surface area contributed by atoms with E-state index in [1.54, 1.807) is 35.1 Å². The molecule has 1 unspecified atom stereocenters. The van der Waals surface area contributed by atoms with E-state index in [-0.39, 0.29) is 11.8 Å². The largest absolute Gasteiger partial charge is 0.336 e. The summed E-state index contributed by atoms with van der Waals surface area (Å²) in [5.41, 5.74) is 3.28. The van der Waals surface area contributed by atoms with Crippen LogP contribution in [0.15, 0.2) is 72.9 Å². The van der Waals surface area contributed by atoms with Gasteiger partial charge in [0.25, 0.3) is 11.8 Å². The predicted molar refractivity (Wildman–Crippen MR) is 115 cm³/mol. The number of hydrogen-bond acceptors (Lipinski definition) is 4. The van der Waals surface area contributed by atoms with Crippen LogP contribution in [0.1, 0.15) is 27.7 Å². The molecule has 7 heteroatoms. The lowest BCUT2D eigenvalue weighted by Crippen LogP contribution is -2.37. The molecule has 30 heavy (non-hydrogen) atoms. The second-order valence-electron chi connectivity index (χ2n) is 6.98. The van der Waals surface area contributed by atoms with E-state index in [2.05, 4.69) is 20.7 Å². The summed E-state index contributed by atoms with van der Waals surface area (Å²) >= 11 is 0.